The maximum atomic E-state index is 13.8. The first-order valence-corrected chi connectivity index (χ1v) is 9.88. The second kappa shape index (κ2) is 6.74. The van der Waals surface area contributed by atoms with Gasteiger partial charge in [-0.3, -0.25) is 4.79 Å². The summed E-state index contributed by atoms with van der Waals surface area (Å²) in [6, 6.07) is 8.21. The Hall–Kier alpha value is -2.80. The number of sulfone groups is 1. The molecule has 3 rings (SSSR count). The van der Waals surface area contributed by atoms with Crippen molar-refractivity contribution >= 4 is 33.2 Å². The van der Waals surface area contributed by atoms with Crippen molar-refractivity contribution in [1.29, 1.82) is 0 Å². The average molecular weight is 390 g/mol. The van der Waals surface area contributed by atoms with Gasteiger partial charge in [0.15, 0.2) is 21.5 Å². The lowest BCUT2D eigenvalue weighted by atomic mass is 10.0. The van der Waals surface area contributed by atoms with Gasteiger partial charge in [0.05, 0.1) is 4.90 Å². The first-order chi connectivity index (χ1) is 12.6. The van der Waals surface area contributed by atoms with Crippen LogP contribution >= 0.6 is 0 Å². The topological polar surface area (TPSA) is 60.4 Å². The highest BCUT2D eigenvalue weighted by Crippen LogP contribution is 2.43. The molecule has 0 radical (unpaired) electrons. The first kappa shape index (κ1) is 19.0. The molecule has 0 N–H and O–H groups in total. The molecule has 140 valence electrons. The molecule has 0 heterocycles. The second-order valence-electron chi connectivity index (χ2n) is 6.26. The van der Waals surface area contributed by atoms with E-state index in [1.807, 2.05) is 0 Å². The van der Waals surface area contributed by atoms with E-state index in [-0.39, 0.29) is 10.7 Å². The average Bonchev–Trinajstić information content (AvgIpc) is 2.80. The Bertz CT molecular complexity index is 1110. The Morgan fingerprint density at radius 2 is 1.59 bits per heavy atom. The van der Waals surface area contributed by atoms with Crippen molar-refractivity contribution in [2.75, 3.05) is 6.26 Å². The van der Waals surface area contributed by atoms with E-state index < -0.39 is 27.4 Å². The third kappa shape index (κ3) is 3.68. The van der Waals surface area contributed by atoms with Crippen LogP contribution in [0.2, 0.25) is 0 Å². The number of rotatable bonds is 3. The Morgan fingerprint density at radius 1 is 1.04 bits per heavy atom. The molecule has 0 saturated carbocycles. The molecule has 0 aliphatic heterocycles. The minimum atomic E-state index is -3.32. The zero-order valence-corrected chi connectivity index (χ0v) is 15.7. The quantitative estimate of drug-likeness (QED) is 0.737. The molecule has 2 aromatic rings. The SMILES string of the molecule is CC(=O)OC1=C(C)C(=Cc2ccc(S(C)(=O)=O)cc2)c2cc(F)c(F)cc21. The Morgan fingerprint density at radius 3 is 2.11 bits per heavy atom. The number of carbonyl (C=O) groups excluding carboxylic acids is 1. The third-order valence-corrected chi connectivity index (χ3v) is 5.33. The van der Waals surface area contributed by atoms with Crippen LogP contribution in [0.25, 0.3) is 17.4 Å². The summed E-state index contributed by atoms with van der Waals surface area (Å²) < 4.78 is 55.8. The number of fused-ring (bicyclic) bond motifs is 1. The van der Waals surface area contributed by atoms with Gasteiger partial charge in [0.1, 0.15) is 5.76 Å². The lowest BCUT2D eigenvalue weighted by molar-refractivity contribution is -0.134. The van der Waals surface area contributed by atoms with Crippen molar-refractivity contribution in [3.05, 3.63) is 70.3 Å². The summed E-state index contributed by atoms with van der Waals surface area (Å²) in [5.74, 6) is -2.44. The number of carbonyl (C=O) groups is 1. The van der Waals surface area contributed by atoms with E-state index in [2.05, 4.69) is 0 Å². The van der Waals surface area contributed by atoms with Crippen LogP contribution in [0, 0.1) is 11.6 Å². The molecule has 0 unspecified atom stereocenters. The summed E-state index contributed by atoms with van der Waals surface area (Å²) in [5, 5.41) is 0. The molecule has 4 nitrogen and oxygen atoms in total. The van der Waals surface area contributed by atoms with E-state index in [1.54, 1.807) is 25.1 Å². The molecule has 0 bridgehead atoms. The molecule has 1 aliphatic carbocycles. The molecular weight excluding hydrogens is 374 g/mol. The van der Waals surface area contributed by atoms with Gasteiger partial charge in [-0.25, -0.2) is 17.2 Å². The molecule has 0 saturated heterocycles. The van der Waals surface area contributed by atoms with E-state index in [0.717, 1.165) is 18.4 Å². The zero-order valence-electron chi connectivity index (χ0n) is 14.8. The van der Waals surface area contributed by atoms with Gasteiger partial charge in [-0.05, 0) is 54.0 Å². The molecule has 0 atom stereocenters. The first-order valence-electron chi connectivity index (χ1n) is 7.99. The van der Waals surface area contributed by atoms with Crippen molar-refractivity contribution in [2.45, 2.75) is 18.7 Å². The molecule has 0 spiro atoms. The maximum absolute atomic E-state index is 13.8. The van der Waals surface area contributed by atoms with E-state index >= 15 is 0 Å². The Kier molecular flexibility index (Phi) is 4.73. The predicted octanol–water partition coefficient (Wildman–Crippen LogP) is 4.22. The lowest BCUT2D eigenvalue weighted by Gasteiger charge is -2.06. The van der Waals surface area contributed by atoms with Crippen molar-refractivity contribution in [1.82, 2.24) is 0 Å². The number of benzene rings is 2. The highest BCUT2D eigenvalue weighted by atomic mass is 32.2. The van der Waals surface area contributed by atoms with E-state index in [4.69, 9.17) is 4.74 Å². The van der Waals surface area contributed by atoms with E-state index in [9.17, 15) is 22.0 Å². The molecule has 27 heavy (non-hydrogen) atoms. The van der Waals surface area contributed by atoms with Crippen LogP contribution in [0.5, 0.6) is 0 Å². The number of esters is 1. The fourth-order valence-corrected chi connectivity index (χ4v) is 3.55. The van der Waals surface area contributed by atoms with E-state index in [0.29, 0.717) is 27.8 Å². The summed E-state index contributed by atoms with van der Waals surface area (Å²) >= 11 is 0. The second-order valence-corrected chi connectivity index (χ2v) is 8.27. The number of hydrogen-bond acceptors (Lipinski definition) is 4. The van der Waals surface area contributed by atoms with Gasteiger partial charge in [0.25, 0.3) is 0 Å². The smallest absolute Gasteiger partial charge is 0.308 e. The van der Waals surface area contributed by atoms with Crippen molar-refractivity contribution in [3.63, 3.8) is 0 Å². The standard InChI is InChI=1S/C20H16F2O4S/c1-11-15(8-13-4-6-14(7-5-13)27(3,24)25)16-9-18(21)19(22)10-17(16)20(11)26-12(2)23/h4-10H,1-3H3. The van der Waals surface area contributed by atoms with Crippen LogP contribution in [0.3, 0.4) is 0 Å². The van der Waals surface area contributed by atoms with Crippen LogP contribution in [-0.4, -0.2) is 20.6 Å². The molecular formula is C20H16F2O4S. The van der Waals surface area contributed by atoms with Crippen molar-refractivity contribution < 1.29 is 26.7 Å². The highest BCUT2D eigenvalue weighted by Gasteiger charge is 2.28. The van der Waals surface area contributed by atoms with E-state index in [1.165, 1.54) is 19.1 Å². The van der Waals surface area contributed by atoms with Gasteiger partial charge in [0, 0.05) is 24.3 Å². The Balaban J connectivity index is 2.15. The number of halogens is 2. The summed E-state index contributed by atoms with van der Waals surface area (Å²) in [6.45, 7) is 2.91. The largest absolute Gasteiger partial charge is 0.426 e. The molecule has 1 aliphatic rings. The third-order valence-electron chi connectivity index (χ3n) is 4.20. The zero-order chi connectivity index (χ0) is 19.9. The fraction of sp³-hybridized carbons (Fsp3) is 0.150. The lowest BCUT2D eigenvalue weighted by Crippen LogP contribution is -1.99. The van der Waals surface area contributed by atoms with Gasteiger partial charge in [-0.1, -0.05) is 12.1 Å². The van der Waals surface area contributed by atoms with Crippen LogP contribution in [0.15, 0.2) is 46.9 Å². The van der Waals surface area contributed by atoms with Crippen LogP contribution < -0.4 is 0 Å². The summed E-state index contributed by atoms with van der Waals surface area (Å²) in [5.41, 5.74) is 2.47. The monoisotopic (exact) mass is 390 g/mol. The van der Waals surface area contributed by atoms with Crippen molar-refractivity contribution in [3.8, 4) is 0 Å². The number of hydrogen-bond donors (Lipinski definition) is 0. The fourth-order valence-electron chi connectivity index (χ4n) is 2.92. The van der Waals surface area contributed by atoms with Gasteiger partial charge < -0.3 is 4.74 Å². The maximum Gasteiger partial charge on any atom is 0.308 e. The van der Waals surface area contributed by atoms with Crippen LogP contribution in [0.4, 0.5) is 8.78 Å². The van der Waals surface area contributed by atoms with Gasteiger partial charge in [-0.2, -0.15) is 0 Å². The van der Waals surface area contributed by atoms with Gasteiger partial charge in [-0.15, -0.1) is 0 Å². The summed E-state index contributed by atoms with van der Waals surface area (Å²) in [4.78, 5) is 11.6. The molecule has 2 aromatic carbocycles. The predicted molar refractivity (Wildman–Crippen MR) is 98.1 cm³/mol. The normalized spacial score (nSPS) is 15.2. The minimum absolute atomic E-state index is 0.176. The summed E-state index contributed by atoms with van der Waals surface area (Å²) in [7, 11) is -3.32. The van der Waals surface area contributed by atoms with Crippen LogP contribution in [-0.2, 0) is 19.4 Å². The van der Waals surface area contributed by atoms with Crippen LogP contribution in [0.1, 0.15) is 30.5 Å². The highest BCUT2D eigenvalue weighted by molar-refractivity contribution is 7.90. The molecule has 0 aromatic heterocycles. The minimum Gasteiger partial charge on any atom is -0.426 e. The number of ether oxygens (including phenoxy) is 1. The van der Waals surface area contributed by atoms with Gasteiger partial charge in [0.2, 0.25) is 0 Å². The molecule has 0 fully saturated rings. The Labute approximate surface area is 155 Å². The number of allylic oxidation sites excluding steroid dienone is 2. The molecule has 0 amide bonds. The van der Waals surface area contributed by atoms with Crippen molar-refractivity contribution in [2.24, 2.45) is 0 Å². The van der Waals surface area contributed by atoms with Gasteiger partial charge >= 0.3 is 5.97 Å². The summed E-state index contributed by atoms with van der Waals surface area (Å²) in [6.07, 6.45) is 2.82. The molecule has 7 heteroatoms.